The molecular weight excluding hydrogens is 266 g/mol. The molecule has 0 unspecified atom stereocenters. The van der Waals surface area contributed by atoms with Gasteiger partial charge in [0.25, 0.3) is 0 Å². The van der Waals surface area contributed by atoms with Crippen LogP contribution in [-0.2, 0) is 16.0 Å². The highest BCUT2D eigenvalue weighted by molar-refractivity contribution is 7.15. The van der Waals surface area contributed by atoms with Crippen LogP contribution >= 0.6 is 11.3 Å². The number of aliphatic hydroxyl groups is 1. The van der Waals surface area contributed by atoms with E-state index in [9.17, 15) is 14.7 Å². The highest BCUT2D eigenvalue weighted by Crippen LogP contribution is 2.43. The second kappa shape index (κ2) is 5.71. The number of aliphatic hydroxyl groups excluding tert-OH is 1. The minimum absolute atomic E-state index is 0.230. The molecule has 1 aliphatic carbocycles. The maximum atomic E-state index is 11.9. The maximum absolute atomic E-state index is 11.9. The van der Waals surface area contributed by atoms with Crippen molar-refractivity contribution in [2.24, 2.45) is 0 Å². The van der Waals surface area contributed by atoms with Gasteiger partial charge in [-0.25, -0.2) is 4.79 Å². The second-order valence-electron chi connectivity index (χ2n) is 4.46. The Kier molecular flexibility index (Phi) is 4.21. The van der Waals surface area contributed by atoms with Gasteiger partial charge in [-0.1, -0.05) is 0 Å². The normalized spacial score (nSPS) is 17.7. The lowest BCUT2D eigenvalue weighted by Gasteiger charge is -2.18. The average Bonchev–Trinajstić information content (AvgIpc) is 2.70. The van der Waals surface area contributed by atoms with Crippen LogP contribution in [-0.4, -0.2) is 23.6 Å². The summed E-state index contributed by atoms with van der Waals surface area (Å²) in [4.78, 5) is 24.4. The topological polar surface area (TPSA) is 75.6 Å². The van der Waals surface area contributed by atoms with Crippen molar-refractivity contribution < 1.29 is 19.4 Å². The number of hydrogen-bond acceptors (Lipinski definition) is 5. The van der Waals surface area contributed by atoms with Gasteiger partial charge in [0, 0.05) is 11.8 Å². The van der Waals surface area contributed by atoms with E-state index in [1.165, 1.54) is 18.3 Å². The molecular formula is C13H17NO4S. The minimum atomic E-state index is -0.551. The molecule has 1 aliphatic rings. The van der Waals surface area contributed by atoms with Gasteiger partial charge in [-0.3, -0.25) is 4.79 Å². The van der Waals surface area contributed by atoms with Crippen LogP contribution in [0.15, 0.2) is 0 Å². The van der Waals surface area contributed by atoms with Gasteiger partial charge in [0.05, 0.1) is 18.4 Å². The average molecular weight is 283 g/mol. The molecule has 0 radical (unpaired) electrons. The van der Waals surface area contributed by atoms with Crippen molar-refractivity contribution in [2.45, 2.75) is 39.2 Å². The zero-order valence-corrected chi connectivity index (χ0v) is 11.8. The molecule has 1 amide bonds. The number of amides is 1. The fourth-order valence-corrected chi connectivity index (χ4v) is 3.47. The number of nitrogens with one attached hydrogen (secondary N) is 1. The highest BCUT2D eigenvalue weighted by Gasteiger charge is 2.29. The predicted molar refractivity (Wildman–Crippen MR) is 72.5 cm³/mol. The number of carbonyl (C=O) groups excluding carboxylic acids is 2. The Morgan fingerprint density at radius 2 is 2.26 bits per heavy atom. The molecule has 1 aromatic rings. The van der Waals surface area contributed by atoms with Crippen LogP contribution in [0.25, 0.3) is 0 Å². The standard InChI is InChI=1S/C13H17NO4S/c1-3-18-13(17)12-10(14-7(2)15)8-5-4-6-9(16)11(8)19-12/h9,16H,3-6H2,1-2H3,(H,14,15)/t9-/m0/s1. The molecule has 6 heteroatoms. The zero-order chi connectivity index (χ0) is 14.0. The molecule has 1 aromatic heterocycles. The number of anilines is 1. The Morgan fingerprint density at radius 1 is 1.53 bits per heavy atom. The Balaban J connectivity index is 2.46. The zero-order valence-electron chi connectivity index (χ0n) is 11.0. The van der Waals surface area contributed by atoms with Gasteiger partial charge in [-0.2, -0.15) is 0 Å². The van der Waals surface area contributed by atoms with Crippen molar-refractivity contribution in [2.75, 3.05) is 11.9 Å². The molecule has 1 heterocycles. The lowest BCUT2D eigenvalue weighted by molar-refractivity contribution is -0.114. The van der Waals surface area contributed by atoms with E-state index in [0.717, 1.165) is 23.3 Å². The molecule has 2 N–H and O–H groups in total. The van der Waals surface area contributed by atoms with Crippen LogP contribution in [0.3, 0.4) is 0 Å². The molecule has 0 aliphatic heterocycles. The molecule has 1 atom stereocenters. The first-order valence-electron chi connectivity index (χ1n) is 6.33. The summed E-state index contributed by atoms with van der Waals surface area (Å²) >= 11 is 1.22. The first-order chi connectivity index (χ1) is 9.04. The number of fused-ring (bicyclic) bond motifs is 1. The molecule has 5 nitrogen and oxygen atoms in total. The molecule has 19 heavy (non-hydrogen) atoms. The van der Waals surface area contributed by atoms with Crippen LogP contribution in [0.1, 0.15) is 52.9 Å². The Labute approximate surface area is 115 Å². The molecule has 2 rings (SSSR count). The van der Waals surface area contributed by atoms with Crippen LogP contribution in [0, 0.1) is 0 Å². The van der Waals surface area contributed by atoms with Crippen LogP contribution < -0.4 is 5.32 Å². The van der Waals surface area contributed by atoms with Gasteiger partial charge >= 0.3 is 5.97 Å². The summed E-state index contributed by atoms with van der Waals surface area (Å²) in [5, 5.41) is 12.7. The van der Waals surface area contributed by atoms with Crippen molar-refractivity contribution in [1.29, 1.82) is 0 Å². The first-order valence-corrected chi connectivity index (χ1v) is 7.14. The summed E-state index contributed by atoms with van der Waals surface area (Å²) < 4.78 is 5.00. The van der Waals surface area contributed by atoms with E-state index < -0.39 is 12.1 Å². The Bertz CT molecular complexity index is 509. The van der Waals surface area contributed by atoms with E-state index in [0.29, 0.717) is 17.0 Å². The maximum Gasteiger partial charge on any atom is 0.350 e. The van der Waals surface area contributed by atoms with Crippen LogP contribution in [0.5, 0.6) is 0 Å². The smallest absolute Gasteiger partial charge is 0.350 e. The fraction of sp³-hybridized carbons (Fsp3) is 0.538. The molecule has 0 spiro atoms. The van der Waals surface area contributed by atoms with Crippen molar-refractivity contribution in [1.82, 2.24) is 0 Å². The predicted octanol–water partition coefficient (Wildman–Crippen LogP) is 2.25. The third-order valence-electron chi connectivity index (χ3n) is 3.01. The highest BCUT2D eigenvalue weighted by atomic mass is 32.1. The van der Waals surface area contributed by atoms with Gasteiger partial charge in [0.15, 0.2) is 0 Å². The summed E-state index contributed by atoms with van der Waals surface area (Å²) in [5.41, 5.74) is 1.40. The van der Waals surface area contributed by atoms with Gasteiger partial charge in [-0.15, -0.1) is 11.3 Å². The second-order valence-corrected chi connectivity index (χ2v) is 5.51. The molecule has 0 bridgehead atoms. The van der Waals surface area contributed by atoms with E-state index in [1.54, 1.807) is 6.92 Å². The van der Waals surface area contributed by atoms with Crippen molar-refractivity contribution >= 4 is 28.9 Å². The van der Waals surface area contributed by atoms with Crippen LogP contribution in [0.4, 0.5) is 5.69 Å². The Morgan fingerprint density at radius 3 is 2.89 bits per heavy atom. The first kappa shape index (κ1) is 14.0. The van der Waals surface area contributed by atoms with Crippen LogP contribution in [0.2, 0.25) is 0 Å². The van der Waals surface area contributed by atoms with Crippen molar-refractivity contribution in [3.8, 4) is 0 Å². The monoisotopic (exact) mass is 283 g/mol. The summed E-state index contributed by atoms with van der Waals surface area (Å²) in [5.74, 6) is -0.677. The number of rotatable bonds is 3. The Hall–Kier alpha value is -1.40. The molecule has 0 saturated heterocycles. The number of hydrogen-bond donors (Lipinski definition) is 2. The number of esters is 1. The van der Waals surface area contributed by atoms with E-state index in [-0.39, 0.29) is 12.5 Å². The number of carbonyl (C=O) groups is 2. The largest absolute Gasteiger partial charge is 0.462 e. The summed E-state index contributed by atoms with van der Waals surface area (Å²) in [6.45, 7) is 3.42. The fourth-order valence-electron chi connectivity index (χ4n) is 2.25. The van der Waals surface area contributed by atoms with E-state index in [4.69, 9.17) is 4.74 Å². The summed E-state index contributed by atoms with van der Waals surface area (Å²) in [6, 6.07) is 0. The van der Waals surface area contributed by atoms with E-state index >= 15 is 0 Å². The summed E-state index contributed by atoms with van der Waals surface area (Å²) in [6.07, 6.45) is 1.75. The van der Waals surface area contributed by atoms with Gasteiger partial charge in [-0.05, 0) is 31.7 Å². The van der Waals surface area contributed by atoms with E-state index in [2.05, 4.69) is 5.32 Å². The third kappa shape index (κ3) is 2.79. The van der Waals surface area contributed by atoms with E-state index in [1.807, 2.05) is 0 Å². The third-order valence-corrected chi connectivity index (χ3v) is 4.32. The lowest BCUT2D eigenvalue weighted by Crippen LogP contribution is -2.13. The molecule has 0 saturated carbocycles. The summed E-state index contributed by atoms with van der Waals surface area (Å²) in [7, 11) is 0. The molecule has 104 valence electrons. The van der Waals surface area contributed by atoms with Crippen molar-refractivity contribution in [3.63, 3.8) is 0 Å². The lowest BCUT2D eigenvalue weighted by atomic mass is 9.95. The van der Waals surface area contributed by atoms with Crippen molar-refractivity contribution in [3.05, 3.63) is 15.3 Å². The van der Waals surface area contributed by atoms with Gasteiger partial charge in [0.2, 0.25) is 5.91 Å². The SMILES string of the molecule is CCOC(=O)c1sc2c(c1NC(C)=O)CCC[C@@H]2O. The quantitative estimate of drug-likeness (QED) is 0.834. The number of thiophene rings is 1. The van der Waals surface area contributed by atoms with Gasteiger partial charge in [0.1, 0.15) is 4.88 Å². The molecule has 0 fully saturated rings. The minimum Gasteiger partial charge on any atom is -0.462 e. The number of ether oxygens (including phenoxy) is 1. The van der Waals surface area contributed by atoms with Gasteiger partial charge < -0.3 is 15.2 Å². The molecule has 0 aromatic carbocycles.